The Kier molecular flexibility index (Phi) is 3.20. The predicted octanol–water partition coefficient (Wildman–Crippen LogP) is 2.93. The van der Waals surface area contributed by atoms with Gasteiger partial charge in [0.2, 0.25) is 0 Å². The molecule has 1 nitrogen and oxygen atoms in total. The fourth-order valence-corrected chi connectivity index (χ4v) is 4.28. The summed E-state index contributed by atoms with van der Waals surface area (Å²) in [6.45, 7) is 0. The summed E-state index contributed by atoms with van der Waals surface area (Å²) in [5.41, 5.74) is 6.72. The Morgan fingerprint density at radius 3 is 2.38 bits per heavy atom. The van der Waals surface area contributed by atoms with Gasteiger partial charge in [0.1, 0.15) is 0 Å². The molecule has 1 atom stereocenters. The highest BCUT2D eigenvalue weighted by molar-refractivity contribution is 8.00. The molecule has 0 aromatic carbocycles. The van der Waals surface area contributed by atoms with Gasteiger partial charge in [-0.3, -0.25) is 0 Å². The number of hydrogen-bond donors (Lipinski definition) is 1. The molecule has 2 rings (SSSR count). The summed E-state index contributed by atoms with van der Waals surface area (Å²) in [4.78, 5) is 0. The Hall–Kier alpha value is 0.310. The van der Waals surface area contributed by atoms with Crippen LogP contribution in [0.25, 0.3) is 0 Å². The molecule has 0 bridgehead atoms. The molecule has 1 saturated heterocycles. The van der Waals surface area contributed by atoms with Crippen LogP contribution in [0.3, 0.4) is 0 Å². The van der Waals surface area contributed by atoms with E-state index in [0.717, 1.165) is 5.25 Å². The summed E-state index contributed by atoms with van der Waals surface area (Å²) in [6, 6.07) is 0. The first-order valence-electron chi connectivity index (χ1n) is 5.72. The first-order chi connectivity index (χ1) is 6.31. The molecule has 0 radical (unpaired) electrons. The van der Waals surface area contributed by atoms with Gasteiger partial charge in [-0.05, 0) is 31.4 Å². The van der Waals surface area contributed by atoms with Gasteiger partial charge in [0.15, 0.2) is 0 Å². The molecule has 1 aliphatic carbocycles. The molecule has 1 aliphatic heterocycles. The standard InChI is InChI=1S/C11H21NS/c12-11(7-3-1-4-8-11)10-6-2-5-9-13-10/h10H,1-9,12H2. The first kappa shape index (κ1) is 9.85. The second-order valence-corrected chi connectivity index (χ2v) is 5.96. The highest BCUT2D eigenvalue weighted by Crippen LogP contribution is 2.39. The summed E-state index contributed by atoms with van der Waals surface area (Å²) in [6.07, 6.45) is 10.9. The van der Waals surface area contributed by atoms with E-state index in [4.69, 9.17) is 5.73 Å². The molecule has 76 valence electrons. The van der Waals surface area contributed by atoms with Crippen LogP contribution < -0.4 is 5.73 Å². The number of rotatable bonds is 1. The quantitative estimate of drug-likeness (QED) is 0.702. The highest BCUT2D eigenvalue weighted by Gasteiger charge is 2.36. The Labute approximate surface area is 85.8 Å². The molecule has 0 amide bonds. The number of nitrogens with two attached hydrogens (primary N) is 1. The van der Waals surface area contributed by atoms with Crippen LogP contribution in [0.4, 0.5) is 0 Å². The minimum atomic E-state index is 0.212. The van der Waals surface area contributed by atoms with Gasteiger partial charge < -0.3 is 5.73 Å². The van der Waals surface area contributed by atoms with Crippen LogP contribution in [0.15, 0.2) is 0 Å². The van der Waals surface area contributed by atoms with Gasteiger partial charge in [-0.2, -0.15) is 11.8 Å². The van der Waals surface area contributed by atoms with Crippen molar-refractivity contribution >= 4 is 11.8 Å². The van der Waals surface area contributed by atoms with Crippen LogP contribution in [0.5, 0.6) is 0 Å². The van der Waals surface area contributed by atoms with E-state index < -0.39 is 0 Å². The topological polar surface area (TPSA) is 26.0 Å². The highest BCUT2D eigenvalue weighted by atomic mass is 32.2. The molecule has 2 fully saturated rings. The van der Waals surface area contributed by atoms with Crippen molar-refractivity contribution in [1.29, 1.82) is 0 Å². The zero-order chi connectivity index (χ0) is 9.15. The van der Waals surface area contributed by atoms with Crippen molar-refractivity contribution in [2.24, 2.45) is 5.73 Å². The largest absolute Gasteiger partial charge is 0.324 e. The SMILES string of the molecule is NC1(C2CCCCS2)CCCCC1. The monoisotopic (exact) mass is 199 g/mol. The molecule has 2 aliphatic rings. The van der Waals surface area contributed by atoms with E-state index in [1.54, 1.807) is 0 Å². The lowest BCUT2D eigenvalue weighted by Gasteiger charge is -2.41. The Morgan fingerprint density at radius 2 is 1.77 bits per heavy atom. The summed E-state index contributed by atoms with van der Waals surface area (Å²) < 4.78 is 0. The second kappa shape index (κ2) is 4.22. The van der Waals surface area contributed by atoms with Gasteiger partial charge in [0, 0.05) is 10.8 Å². The van der Waals surface area contributed by atoms with Crippen molar-refractivity contribution in [2.45, 2.75) is 62.2 Å². The maximum Gasteiger partial charge on any atom is 0.0274 e. The van der Waals surface area contributed by atoms with Crippen LogP contribution in [0.1, 0.15) is 51.4 Å². The zero-order valence-electron chi connectivity index (χ0n) is 8.43. The average molecular weight is 199 g/mol. The molecule has 1 unspecified atom stereocenters. The van der Waals surface area contributed by atoms with Crippen LogP contribution in [-0.2, 0) is 0 Å². The van der Waals surface area contributed by atoms with Gasteiger partial charge in [-0.25, -0.2) is 0 Å². The summed E-state index contributed by atoms with van der Waals surface area (Å²) in [5, 5.41) is 0.779. The number of thioether (sulfide) groups is 1. The molecule has 2 heteroatoms. The predicted molar refractivity (Wildman–Crippen MR) is 60.1 cm³/mol. The van der Waals surface area contributed by atoms with Crippen molar-refractivity contribution in [1.82, 2.24) is 0 Å². The lowest BCUT2D eigenvalue weighted by atomic mass is 9.78. The van der Waals surface area contributed by atoms with Crippen LogP contribution in [0, 0.1) is 0 Å². The van der Waals surface area contributed by atoms with Crippen LogP contribution >= 0.6 is 11.8 Å². The smallest absolute Gasteiger partial charge is 0.0274 e. The van der Waals surface area contributed by atoms with E-state index in [1.165, 1.54) is 57.1 Å². The van der Waals surface area contributed by atoms with Crippen molar-refractivity contribution in [3.63, 3.8) is 0 Å². The number of hydrogen-bond acceptors (Lipinski definition) is 2. The Morgan fingerprint density at radius 1 is 1.00 bits per heavy atom. The first-order valence-corrected chi connectivity index (χ1v) is 6.77. The fraction of sp³-hybridized carbons (Fsp3) is 1.00. The van der Waals surface area contributed by atoms with Crippen molar-refractivity contribution in [3.8, 4) is 0 Å². The van der Waals surface area contributed by atoms with Crippen LogP contribution in [-0.4, -0.2) is 16.5 Å². The van der Waals surface area contributed by atoms with Crippen molar-refractivity contribution < 1.29 is 0 Å². The molecule has 0 spiro atoms. The third-order valence-electron chi connectivity index (χ3n) is 3.61. The maximum absolute atomic E-state index is 6.51. The second-order valence-electron chi connectivity index (χ2n) is 4.65. The van der Waals surface area contributed by atoms with E-state index in [-0.39, 0.29) is 5.54 Å². The Balaban J connectivity index is 1.94. The molecular formula is C11H21NS. The summed E-state index contributed by atoms with van der Waals surface area (Å²) in [7, 11) is 0. The minimum Gasteiger partial charge on any atom is -0.324 e. The van der Waals surface area contributed by atoms with Gasteiger partial charge in [-0.1, -0.05) is 25.7 Å². The van der Waals surface area contributed by atoms with E-state index >= 15 is 0 Å². The average Bonchev–Trinajstić information content (AvgIpc) is 2.20. The fourth-order valence-electron chi connectivity index (χ4n) is 2.73. The molecule has 13 heavy (non-hydrogen) atoms. The molecule has 0 aromatic heterocycles. The lowest BCUT2D eigenvalue weighted by molar-refractivity contribution is 0.276. The van der Waals surface area contributed by atoms with E-state index in [2.05, 4.69) is 11.8 Å². The van der Waals surface area contributed by atoms with Gasteiger partial charge in [0.25, 0.3) is 0 Å². The molecule has 1 saturated carbocycles. The van der Waals surface area contributed by atoms with Crippen LogP contribution in [0.2, 0.25) is 0 Å². The maximum atomic E-state index is 6.51. The summed E-state index contributed by atoms with van der Waals surface area (Å²) in [5.74, 6) is 1.35. The molecule has 2 N–H and O–H groups in total. The molecule has 1 heterocycles. The third kappa shape index (κ3) is 2.21. The Bertz CT molecular complexity index is 157. The molecular weight excluding hydrogens is 178 g/mol. The lowest BCUT2D eigenvalue weighted by Crippen LogP contribution is -2.51. The van der Waals surface area contributed by atoms with Gasteiger partial charge in [-0.15, -0.1) is 0 Å². The normalized spacial score (nSPS) is 34.4. The zero-order valence-corrected chi connectivity index (χ0v) is 9.24. The van der Waals surface area contributed by atoms with Crippen molar-refractivity contribution in [3.05, 3.63) is 0 Å². The van der Waals surface area contributed by atoms with E-state index in [0.29, 0.717) is 0 Å². The third-order valence-corrected chi connectivity index (χ3v) is 5.24. The van der Waals surface area contributed by atoms with E-state index in [9.17, 15) is 0 Å². The van der Waals surface area contributed by atoms with Gasteiger partial charge >= 0.3 is 0 Å². The minimum absolute atomic E-state index is 0.212. The van der Waals surface area contributed by atoms with Crippen molar-refractivity contribution in [2.75, 3.05) is 5.75 Å². The van der Waals surface area contributed by atoms with E-state index in [1.807, 2.05) is 0 Å². The summed E-state index contributed by atoms with van der Waals surface area (Å²) >= 11 is 2.14. The van der Waals surface area contributed by atoms with Gasteiger partial charge in [0.05, 0.1) is 0 Å². The molecule has 0 aromatic rings.